The van der Waals surface area contributed by atoms with Crippen LogP contribution in [0.15, 0.2) is 54.6 Å². The van der Waals surface area contributed by atoms with Gasteiger partial charge in [-0.25, -0.2) is 4.79 Å². The number of amides is 2. The molecule has 0 aromatic heterocycles. The smallest absolute Gasteiger partial charge is 0.404 e. The van der Waals surface area contributed by atoms with Crippen LogP contribution in [0, 0.1) is 5.41 Å². The first-order valence-electron chi connectivity index (χ1n) is 10.4. The highest BCUT2D eigenvalue weighted by Crippen LogP contribution is 2.45. The molecule has 0 bridgehead atoms. The zero-order valence-corrected chi connectivity index (χ0v) is 17.5. The molecule has 1 saturated carbocycles. The third-order valence-corrected chi connectivity index (χ3v) is 5.31. The molecule has 31 heavy (non-hydrogen) atoms. The maximum atomic E-state index is 10.8. The molecule has 5 N–H and O–H groups in total. The summed E-state index contributed by atoms with van der Waals surface area (Å²) >= 11 is 0. The number of benzene rings is 2. The molecule has 2 aromatic carbocycles. The highest BCUT2D eigenvalue weighted by molar-refractivity contribution is 5.79. The lowest BCUT2D eigenvalue weighted by atomic mass is 10.0. The number of aliphatic carboxylic acids is 1. The monoisotopic (exact) mass is 426 g/mol. The zero-order chi connectivity index (χ0) is 22.7. The van der Waals surface area contributed by atoms with Crippen LogP contribution in [0.4, 0.5) is 4.79 Å². The first-order chi connectivity index (χ1) is 14.8. The average Bonchev–Trinajstić information content (AvgIpc) is 3.53. The summed E-state index contributed by atoms with van der Waals surface area (Å²) in [6.45, 7) is 0.0255. The topological polar surface area (TPSA) is 130 Å². The van der Waals surface area contributed by atoms with Crippen LogP contribution in [0.3, 0.4) is 0 Å². The van der Waals surface area contributed by atoms with Crippen molar-refractivity contribution in [2.45, 2.75) is 44.9 Å². The molecule has 1 aliphatic rings. The lowest BCUT2D eigenvalue weighted by molar-refractivity contribution is -0.143. The number of carbonyl (C=O) groups is 3. The molecule has 0 unspecified atom stereocenters. The van der Waals surface area contributed by atoms with E-state index in [-0.39, 0.29) is 12.5 Å². The Bertz CT molecular complexity index is 861. The SMILES string of the molecule is NC(=O)Cc1ccc(CCCCc2ccccc2)cc1.O=C(O)NCC1(C(=O)O)CC1. The van der Waals surface area contributed by atoms with Gasteiger partial charge in [-0.1, -0.05) is 54.6 Å². The third-order valence-electron chi connectivity index (χ3n) is 5.31. The van der Waals surface area contributed by atoms with E-state index >= 15 is 0 Å². The van der Waals surface area contributed by atoms with E-state index in [1.54, 1.807) is 0 Å². The minimum atomic E-state index is -1.17. The van der Waals surface area contributed by atoms with Gasteiger partial charge in [0, 0.05) is 6.54 Å². The van der Waals surface area contributed by atoms with Gasteiger partial charge in [-0.3, -0.25) is 9.59 Å². The molecule has 0 aliphatic heterocycles. The summed E-state index contributed by atoms with van der Waals surface area (Å²) in [4.78, 5) is 31.3. The molecular weight excluding hydrogens is 396 g/mol. The van der Waals surface area contributed by atoms with Crippen LogP contribution in [0.25, 0.3) is 0 Å². The summed E-state index contributed by atoms with van der Waals surface area (Å²) in [5.74, 6) is -1.19. The second-order valence-corrected chi connectivity index (χ2v) is 7.90. The normalized spacial score (nSPS) is 13.4. The molecular formula is C24H30N2O5. The fourth-order valence-corrected chi connectivity index (χ4v) is 3.19. The average molecular weight is 427 g/mol. The van der Waals surface area contributed by atoms with Gasteiger partial charge in [0.2, 0.25) is 5.91 Å². The van der Waals surface area contributed by atoms with Gasteiger partial charge >= 0.3 is 12.1 Å². The molecule has 7 heteroatoms. The molecule has 0 spiro atoms. The lowest BCUT2D eigenvalue weighted by Crippen LogP contribution is -2.33. The Morgan fingerprint density at radius 2 is 1.35 bits per heavy atom. The van der Waals surface area contributed by atoms with Gasteiger partial charge in [-0.05, 0) is 55.2 Å². The number of nitrogens with two attached hydrogens (primary N) is 1. The summed E-state index contributed by atoms with van der Waals surface area (Å²) in [5.41, 5.74) is 8.11. The number of carbonyl (C=O) groups excluding carboxylic acids is 1. The standard InChI is InChI=1S/C18H21NO.C6H9NO4/c19-18(20)14-17-12-10-16(11-13-17)9-5-4-8-15-6-2-1-3-7-15;8-4(9)6(1-2-6)3-7-5(10)11/h1-3,6-7,10-13H,4-5,8-9,14H2,(H2,19,20);7H,1-3H2,(H,8,9)(H,10,11). The molecule has 166 valence electrons. The predicted molar refractivity (Wildman–Crippen MR) is 118 cm³/mol. The fourth-order valence-electron chi connectivity index (χ4n) is 3.19. The Kier molecular flexibility index (Phi) is 9.06. The van der Waals surface area contributed by atoms with Gasteiger partial charge in [0.25, 0.3) is 0 Å². The van der Waals surface area contributed by atoms with Crippen LogP contribution in [-0.4, -0.2) is 34.7 Å². The number of rotatable bonds is 10. The summed E-state index contributed by atoms with van der Waals surface area (Å²) < 4.78 is 0. The lowest BCUT2D eigenvalue weighted by Gasteiger charge is -2.07. The number of hydrogen-bond acceptors (Lipinski definition) is 3. The van der Waals surface area contributed by atoms with Gasteiger partial charge < -0.3 is 21.3 Å². The van der Waals surface area contributed by atoms with Crippen LogP contribution in [0.5, 0.6) is 0 Å². The highest BCUT2D eigenvalue weighted by atomic mass is 16.4. The number of hydrogen-bond donors (Lipinski definition) is 4. The van der Waals surface area contributed by atoms with Crippen molar-refractivity contribution in [1.29, 1.82) is 0 Å². The molecule has 1 aliphatic carbocycles. The van der Waals surface area contributed by atoms with Crippen LogP contribution >= 0.6 is 0 Å². The first-order valence-corrected chi connectivity index (χ1v) is 10.4. The van der Waals surface area contributed by atoms with E-state index in [1.165, 1.54) is 24.0 Å². The first kappa shape index (κ1) is 23.9. The summed E-state index contributed by atoms with van der Waals surface area (Å²) in [6, 6.07) is 18.8. The fraction of sp³-hybridized carbons (Fsp3) is 0.375. The van der Waals surface area contributed by atoms with Gasteiger partial charge in [-0.2, -0.15) is 0 Å². The van der Waals surface area contributed by atoms with Crippen molar-refractivity contribution < 1.29 is 24.6 Å². The molecule has 2 aromatic rings. The summed E-state index contributed by atoms with van der Waals surface area (Å²) in [7, 11) is 0. The van der Waals surface area contributed by atoms with Crippen LogP contribution in [0.1, 0.15) is 42.4 Å². The second-order valence-electron chi connectivity index (χ2n) is 7.90. The molecule has 3 rings (SSSR count). The summed E-state index contributed by atoms with van der Waals surface area (Å²) in [5, 5.41) is 18.8. The minimum absolute atomic E-state index is 0.0255. The maximum absolute atomic E-state index is 10.8. The molecule has 0 saturated heterocycles. The van der Waals surface area contributed by atoms with Gasteiger partial charge in [0.1, 0.15) is 0 Å². The Labute approximate surface area is 182 Å². The Morgan fingerprint density at radius 3 is 1.81 bits per heavy atom. The van der Waals surface area contributed by atoms with E-state index in [0.717, 1.165) is 18.4 Å². The Hall–Kier alpha value is -3.35. The van der Waals surface area contributed by atoms with E-state index in [9.17, 15) is 14.4 Å². The van der Waals surface area contributed by atoms with Crippen molar-refractivity contribution in [1.82, 2.24) is 5.32 Å². The van der Waals surface area contributed by atoms with E-state index in [2.05, 4.69) is 47.8 Å². The van der Waals surface area contributed by atoms with Crippen molar-refractivity contribution in [2.24, 2.45) is 11.1 Å². The second kappa shape index (κ2) is 11.7. The van der Waals surface area contributed by atoms with Gasteiger partial charge in [-0.15, -0.1) is 0 Å². The quantitative estimate of drug-likeness (QED) is 0.433. The molecule has 0 heterocycles. The molecule has 1 fully saturated rings. The molecule has 0 radical (unpaired) electrons. The van der Waals surface area contributed by atoms with E-state index in [1.807, 2.05) is 12.1 Å². The van der Waals surface area contributed by atoms with E-state index in [0.29, 0.717) is 19.3 Å². The van der Waals surface area contributed by atoms with Crippen LogP contribution in [-0.2, 0) is 28.9 Å². The number of primary amides is 1. The van der Waals surface area contributed by atoms with E-state index < -0.39 is 17.5 Å². The van der Waals surface area contributed by atoms with Crippen molar-refractivity contribution >= 4 is 18.0 Å². The van der Waals surface area contributed by atoms with Crippen molar-refractivity contribution in [3.8, 4) is 0 Å². The predicted octanol–water partition coefficient (Wildman–Crippen LogP) is 3.40. The Morgan fingerprint density at radius 1 is 0.839 bits per heavy atom. The number of aryl methyl sites for hydroxylation is 2. The molecule has 0 atom stereocenters. The molecule has 7 nitrogen and oxygen atoms in total. The largest absolute Gasteiger partial charge is 0.481 e. The van der Waals surface area contributed by atoms with Crippen molar-refractivity contribution in [2.75, 3.05) is 6.54 Å². The number of unbranched alkanes of at least 4 members (excludes halogenated alkanes) is 1. The number of nitrogens with one attached hydrogen (secondary N) is 1. The molecule has 2 amide bonds. The Balaban J connectivity index is 0.000000262. The van der Waals surface area contributed by atoms with Gasteiger partial charge in [0.05, 0.1) is 11.8 Å². The van der Waals surface area contributed by atoms with Crippen molar-refractivity contribution in [3.63, 3.8) is 0 Å². The van der Waals surface area contributed by atoms with Crippen molar-refractivity contribution in [3.05, 3.63) is 71.3 Å². The zero-order valence-electron chi connectivity index (χ0n) is 17.5. The van der Waals surface area contributed by atoms with Crippen LogP contribution in [0.2, 0.25) is 0 Å². The number of carboxylic acid groups (broad SMARTS) is 2. The van der Waals surface area contributed by atoms with E-state index in [4.69, 9.17) is 15.9 Å². The van der Waals surface area contributed by atoms with Crippen LogP contribution < -0.4 is 11.1 Å². The minimum Gasteiger partial charge on any atom is -0.481 e. The number of carboxylic acids is 1. The third kappa shape index (κ3) is 8.90. The van der Waals surface area contributed by atoms with Gasteiger partial charge in [0.15, 0.2) is 0 Å². The summed E-state index contributed by atoms with van der Waals surface area (Å²) in [6.07, 6.45) is 4.92. The maximum Gasteiger partial charge on any atom is 0.404 e. The highest BCUT2D eigenvalue weighted by Gasteiger charge is 2.50.